The van der Waals surface area contributed by atoms with Crippen LogP contribution in [-0.4, -0.2) is 46.1 Å². The molecule has 0 rings (SSSR count). The molecule has 0 aromatic heterocycles. The highest BCUT2D eigenvalue weighted by Crippen LogP contribution is 2.16. The number of hydrogen-bond acceptors (Lipinski definition) is 4. The van der Waals surface area contributed by atoms with Gasteiger partial charge in [-0.3, -0.25) is 4.79 Å². The van der Waals surface area contributed by atoms with Gasteiger partial charge in [-0.2, -0.15) is 0 Å². The van der Waals surface area contributed by atoms with Crippen molar-refractivity contribution in [1.82, 2.24) is 5.32 Å². The number of aliphatic hydroxyl groups is 3. The number of unbranched alkanes of at least 4 members (excludes halogenated alkanes) is 21. The lowest BCUT2D eigenvalue weighted by atomic mass is 10.0. The van der Waals surface area contributed by atoms with Crippen LogP contribution in [0.4, 0.5) is 0 Å². The highest BCUT2D eigenvalue weighted by atomic mass is 16.3. The van der Waals surface area contributed by atoms with Crippen molar-refractivity contribution in [3.8, 4) is 0 Å². The third-order valence-electron chi connectivity index (χ3n) is 8.60. The van der Waals surface area contributed by atoms with Crippen molar-refractivity contribution in [2.45, 2.75) is 212 Å². The number of rotatable bonds is 32. The lowest BCUT2D eigenvalue weighted by Gasteiger charge is -2.23. The molecule has 0 radical (unpaired) electrons. The molecule has 0 bridgehead atoms. The summed E-state index contributed by atoms with van der Waals surface area (Å²) in [5.41, 5.74) is 0. The highest BCUT2D eigenvalue weighted by molar-refractivity contribution is 5.76. The van der Waals surface area contributed by atoms with Crippen molar-refractivity contribution >= 4 is 5.91 Å². The Labute approximate surface area is 256 Å². The number of hydrogen-bond donors (Lipinski definition) is 4. The Morgan fingerprint density at radius 1 is 0.561 bits per heavy atom. The van der Waals surface area contributed by atoms with Gasteiger partial charge in [-0.1, -0.05) is 175 Å². The molecule has 0 fully saturated rings. The molecule has 5 nitrogen and oxygen atoms in total. The van der Waals surface area contributed by atoms with Gasteiger partial charge in [-0.15, -0.1) is 0 Å². The van der Waals surface area contributed by atoms with Crippen molar-refractivity contribution in [2.24, 2.45) is 5.92 Å². The first-order chi connectivity index (χ1) is 19.9. The Bertz CT molecular complexity index is 542. The summed E-state index contributed by atoms with van der Waals surface area (Å²) in [6.07, 6.45) is 30.5. The van der Waals surface area contributed by atoms with Crippen LogP contribution in [0.5, 0.6) is 0 Å². The predicted octanol–water partition coefficient (Wildman–Crippen LogP) is 9.39. The fourth-order valence-corrected chi connectivity index (χ4v) is 5.76. The molecule has 5 heteroatoms. The van der Waals surface area contributed by atoms with E-state index in [4.69, 9.17) is 0 Å². The normalized spacial score (nSPS) is 13.9. The van der Waals surface area contributed by atoms with E-state index in [0.29, 0.717) is 12.8 Å². The molecule has 41 heavy (non-hydrogen) atoms. The summed E-state index contributed by atoms with van der Waals surface area (Å²) in [5.74, 6) is 0.539. The van der Waals surface area contributed by atoms with Crippen LogP contribution < -0.4 is 5.32 Å². The molecular weight excluding hydrogens is 510 g/mol. The van der Waals surface area contributed by atoms with Crippen LogP contribution in [0.3, 0.4) is 0 Å². The maximum atomic E-state index is 12.4. The number of carbonyl (C=O) groups excluding carboxylic acids is 1. The number of aliphatic hydroxyl groups excluding tert-OH is 3. The van der Waals surface area contributed by atoms with E-state index in [0.717, 1.165) is 31.6 Å². The summed E-state index contributed by atoms with van der Waals surface area (Å²) < 4.78 is 0. The van der Waals surface area contributed by atoms with Crippen molar-refractivity contribution in [2.75, 3.05) is 6.61 Å². The molecular formula is C36H73NO4. The fourth-order valence-electron chi connectivity index (χ4n) is 5.76. The Kier molecular flexibility index (Phi) is 30.3. The molecule has 0 saturated heterocycles. The van der Waals surface area contributed by atoms with E-state index < -0.39 is 18.2 Å². The molecule has 4 N–H and O–H groups in total. The monoisotopic (exact) mass is 584 g/mol. The van der Waals surface area contributed by atoms with Gasteiger partial charge in [0.1, 0.15) is 0 Å². The van der Waals surface area contributed by atoms with Gasteiger partial charge >= 0.3 is 0 Å². The third-order valence-corrected chi connectivity index (χ3v) is 8.60. The van der Waals surface area contributed by atoms with E-state index in [1.807, 2.05) is 0 Å². The van der Waals surface area contributed by atoms with Crippen molar-refractivity contribution in [1.29, 1.82) is 0 Å². The van der Waals surface area contributed by atoms with Crippen LogP contribution in [-0.2, 0) is 4.79 Å². The third kappa shape index (κ3) is 29.2. The zero-order valence-corrected chi connectivity index (χ0v) is 27.9. The van der Waals surface area contributed by atoms with Crippen molar-refractivity contribution < 1.29 is 20.1 Å². The van der Waals surface area contributed by atoms with Gasteiger partial charge in [0, 0.05) is 0 Å². The minimum Gasteiger partial charge on any atom is -0.394 e. The Hall–Kier alpha value is -0.650. The van der Waals surface area contributed by atoms with Gasteiger partial charge in [0.25, 0.3) is 0 Å². The molecule has 0 spiro atoms. The average molecular weight is 584 g/mol. The first-order valence-electron chi connectivity index (χ1n) is 18.2. The van der Waals surface area contributed by atoms with Gasteiger partial charge in [-0.25, -0.2) is 0 Å². The second kappa shape index (κ2) is 30.8. The summed E-state index contributed by atoms with van der Waals surface area (Å²) in [5, 5.41) is 33.2. The van der Waals surface area contributed by atoms with E-state index in [1.165, 1.54) is 128 Å². The lowest BCUT2D eigenvalue weighted by molar-refractivity contribution is -0.125. The number of amides is 1. The molecule has 0 heterocycles. The summed E-state index contributed by atoms with van der Waals surface area (Å²) >= 11 is 0. The van der Waals surface area contributed by atoms with E-state index in [1.54, 1.807) is 0 Å². The van der Waals surface area contributed by atoms with Crippen molar-refractivity contribution in [3.05, 3.63) is 0 Å². The summed E-state index contributed by atoms with van der Waals surface area (Å²) in [6, 6.07) is -0.651. The highest BCUT2D eigenvalue weighted by Gasteiger charge is 2.21. The molecule has 3 unspecified atom stereocenters. The SMILES string of the molecule is CCCCCCCCCCCCCCCCC(O)C(CO)NC(=O)CC(O)CCCCCCCCCCCC(C)C. The fraction of sp³-hybridized carbons (Fsp3) is 0.972. The molecule has 0 saturated carbocycles. The van der Waals surface area contributed by atoms with Crippen LogP contribution in [0.2, 0.25) is 0 Å². The predicted molar refractivity (Wildman–Crippen MR) is 176 cm³/mol. The zero-order chi connectivity index (χ0) is 30.4. The quantitative estimate of drug-likeness (QED) is 0.0594. The zero-order valence-electron chi connectivity index (χ0n) is 27.9. The van der Waals surface area contributed by atoms with Gasteiger partial charge in [-0.05, 0) is 18.8 Å². The molecule has 0 aromatic rings. The van der Waals surface area contributed by atoms with Crippen LogP contribution in [0.1, 0.15) is 194 Å². The maximum Gasteiger partial charge on any atom is 0.222 e. The maximum absolute atomic E-state index is 12.4. The second-order valence-electron chi connectivity index (χ2n) is 13.3. The van der Waals surface area contributed by atoms with Gasteiger partial charge < -0.3 is 20.6 Å². The van der Waals surface area contributed by atoms with E-state index in [9.17, 15) is 20.1 Å². The molecule has 3 atom stereocenters. The number of carbonyl (C=O) groups is 1. The standard InChI is InChI=1S/C36H73NO4/c1-4-5-6-7-8-9-10-11-12-13-17-20-23-26-29-35(40)34(31-38)37-36(41)30-33(39)28-25-22-19-16-14-15-18-21-24-27-32(2)3/h32-35,38-40H,4-31H2,1-3H3,(H,37,41). The first-order valence-corrected chi connectivity index (χ1v) is 18.2. The Morgan fingerprint density at radius 2 is 0.927 bits per heavy atom. The van der Waals surface area contributed by atoms with Crippen LogP contribution in [0.15, 0.2) is 0 Å². The topological polar surface area (TPSA) is 89.8 Å². The molecule has 246 valence electrons. The summed E-state index contributed by atoms with van der Waals surface area (Å²) in [6.45, 7) is 6.58. The molecule has 0 aliphatic carbocycles. The second-order valence-corrected chi connectivity index (χ2v) is 13.3. The van der Waals surface area contributed by atoms with Crippen LogP contribution in [0.25, 0.3) is 0 Å². The molecule has 0 aliphatic rings. The molecule has 1 amide bonds. The minimum atomic E-state index is -0.742. The summed E-state index contributed by atoms with van der Waals surface area (Å²) in [4.78, 5) is 12.4. The molecule has 0 aliphatic heterocycles. The van der Waals surface area contributed by atoms with Gasteiger partial charge in [0.2, 0.25) is 5.91 Å². The average Bonchev–Trinajstić information content (AvgIpc) is 2.94. The smallest absolute Gasteiger partial charge is 0.222 e. The van der Waals surface area contributed by atoms with Crippen molar-refractivity contribution in [3.63, 3.8) is 0 Å². The largest absolute Gasteiger partial charge is 0.394 e. The summed E-state index contributed by atoms with van der Waals surface area (Å²) in [7, 11) is 0. The van der Waals surface area contributed by atoms with Gasteiger partial charge in [0.15, 0.2) is 0 Å². The minimum absolute atomic E-state index is 0.0401. The van der Waals surface area contributed by atoms with E-state index in [2.05, 4.69) is 26.1 Å². The Morgan fingerprint density at radius 3 is 1.32 bits per heavy atom. The van der Waals surface area contributed by atoms with Crippen LogP contribution in [0, 0.1) is 5.92 Å². The number of nitrogens with one attached hydrogen (secondary N) is 1. The first kappa shape index (κ1) is 40.4. The Balaban J connectivity index is 3.67. The lowest BCUT2D eigenvalue weighted by Crippen LogP contribution is -2.46. The molecule has 0 aromatic carbocycles. The van der Waals surface area contributed by atoms with Crippen LogP contribution >= 0.6 is 0 Å². The van der Waals surface area contributed by atoms with E-state index in [-0.39, 0.29) is 18.9 Å². The van der Waals surface area contributed by atoms with E-state index >= 15 is 0 Å². The van der Waals surface area contributed by atoms with Gasteiger partial charge in [0.05, 0.1) is 31.3 Å².